The number of nitriles is 1. The third-order valence-electron chi connectivity index (χ3n) is 7.15. The van der Waals surface area contributed by atoms with Gasteiger partial charge >= 0.3 is 0 Å². The summed E-state index contributed by atoms with van der Waals surface area (Å²) in [6.45, 7) is 2.43. The zero-order valence-electron chi connectivity index (χ0n) is 15.1. The molecule has 3 fully saturated rings. The average molecular weight is 314 g/mol. The van der Waals surface area contributed by atoms with Gasteiger partial charge in [-0.3, -0.25) is 0 Å². The molecule has 0 aromatic carbocycles. The monoisotopic (exact) mass is 313 g/mol. The molecule has 0 bridgehead atoms. The van der Waals surface area contributed by atoms with E-state index in [1.807, 2.05) is 0 Å². The lowest BCUT2D eigenvalue weighted by atomic mass is 9.69. The molecule has 128 valence electrons. The Morgan fingerprint density at radius 3 is 1.57 bits per heavy atom. The maximum Gasteiger partial charge on any atom is 0.0655 e. The van der Waals surface area contributed by atoms with Crippen LogP contribution in [0, 0.1) is 46.8 Å². The maximum atomic E-state index is 8.99. The predicted molar refractivity (Wildman–Crippen MR) is 96.8 cm³/mol. The van der Waals surface area contributed by atoms with Crippen molar-refractivity contribution in [2.24, 2.45) is 35.5 Å². The standard InChI is InChI=1S/C22H35N/c1-17-2-12-21(13-3-17)22-14-10-19(11-15-22)5-4-18-6-8-20(16-23)9-7-18/h4-5,17-22H,2-3,6-15H2,1H3. The highest BCUT2D eigenvalue weighted by Crippen LogP contribution is 2.41. The smallest absolute Gasteiger partial charge is 0.0655 e. The molecule has 0 atom stereocenters. The van der Waals surface area contributed by atoms with Gasteiger partial charge in [0.15, 0.2) is 0 Å². The highest BCUT2D eigenvalue weighted by molar-refractivity contribution is 4.98. The normalized spacial score (nSPS) is 42.4. The number of rotatable bonds is 3. The Hall–Kier alpha value is -0.770. The molecule has 0 amide bonds. The van der Waals surface area contributed by atoms with Crippen LogP contribution >= 0.6 is 0 Å². The Morgan fingerprint density at radius 1 is 0.652 bits per heavy atom. The summed E-state index contributed by atoms with van der Waals surface area (Å²) in [6.07, 6.45) is 21.6. The molecule has 23 heavy (non-hydrogen) atoms. The molecule has 0 aliphatic heterocycles. The van der Waals surface area contributed by atoms with E-state index in [-0.39, 0.29) is 0 Å². The summed E-state index contributed by atoms with van der Waals surface area (Å²) in [5.74, 6) is 5.03. The molecule has 0 spiro atoms. The summed E-state index contributed by atoms with van der Waals surface area (Å²) in [6, 6.07) is 2.44. The van der Waals surface area contributed by atoms with Gasteiger partial charge in [-0.25, -0.2) is 0 Å². The van der Waals surface area contributed by atoms with Crippen molar-refractivity contribution in [1.29, 1.82) is 5.26 Å². The summed E-state index contributed by atoms with van der Waals surface area (Å²) in [5, 5.41) is 8.99. The van der Waals surface area contributed by atoms with Crippen molar-refractivity contribution in [2.45, 2.75) is 84.0 Å². The Bertz CT molecular complexity index is 408. The Balaban J connectivity index is 1.38. The van der Waals surface area contributed by atoms with Gasteiger partial charge in [0, 0.05) is 5.92 Å². The van der Waals surface area contributed by atoms with Gasteiger partial charge in [0.05, 0.1) is 6.07 Å². The minimum atomic E-state index is 0.341. The molecule has 1 heteroatoms. The van der Waals surface area contributed by atoms with E-state index < -0.39 is 0 Å². The molecule has 0 saturated heterocycles. The molecular weight excluding hydrogens is 278 g/mol. The van der Waals surface area contributed by atoms with Crippen molar-refractivity contribution in [3.05, 3.63) is 12.2 Å². The van der Waals surface area contributed by atoms with E-state index in [1.54, 1.807) is 0 Å². The van der Waals surface area contributed by atoms with Crippen molar-refractivity contribution in [2.75, 3.05) is 0 Å². The molecule has 0 radical (unpaired) electrons. The summed E-state index contributed by atoms with van der Waals surface area (Å²) < 4.78 is 0. The lowest BCUT2D eigenvalue weighted by Crippen LogP contribution is -2.24. The van der Waals surface area contributed by atoms with Crippen molar-refractivity contribution in [3.63, 3.8) is 0 Å². The molecule has 0 N–H and O–H groups in total. The van der Waals surface area contributed by atoms with Gasteiger partial charge in [0.2, 0.25) is 0 Å². The van der Waals surface area contributed by atoms with Crippen LogP contribution in [0.2, 0.25) is 0 Å². The second kappa shape index (κ2) is 8.36. The van der Waals surface area contributed by atoms with Gasteiger partial charge in [-0.05, 0) is 93.8 Å². The van der Waals surface area contributed by atoms with Gasteiger partial charge in [0.1, 0.15) is 0 Å². The third kappa shape index (κ3) is 4.85. The van der Waals surface area contributed by atoms with Crippen LogP contribution in [0.25, 0.3) is 0 Å². The lowest BCUT2D eigenvalue weighted by molar-refractivity contribution is 0.160. The van der Waals surface area contributed by atoms with Crippen LogP contribution in [0.15, 0.2) is 12.2 Å². The Morgan fingerprint density at radius 2 is 1.09 bits per heavy atom. The first-order valence-corrected chi connectivity index (χ1v) is 10.3. The van der Waals surface area contributed by atoms with Crippen LogP contribution in [-0.2, 0) is 0 Å². The molecule has 3 aliphatic carbocycles. The van der Waals surface area contributed by atoms with E-state index in [0.29, 0.717) is 5.92 Å². The van der Waals surface area contributed by atoms with E-state index in [1.165, 1.54) is 64.2 Å². The van der Waals surface area contributed by atoms with Gasteiger partial charge < -0.3 is 0 Å². The summed E-state index contributed by atoms with van der Waals surface area (Å²) >= 11 is 0. The number of hydrogen-bond acceptors (Lipinski definition) is 1. The highest BCUT2D eigenvalue weighted by Gasteiger charge is 2.29. The van der Waals surface area contributed by atoms with Crippen LogP contribution in [0.1, 0.15) is 84.0 Å². The van der Waals surface area contributed by atoms with Crippen molar-refractivity contribution in [1.82, 2.24) is 0 Å². The first-order chi connectivity index (χ1) is 11.2. The van der Waals surface area contributed by atoms with E-state index in [9.17, 15) is 0 Å². The average Bonchev–Trinajstić information content (AvgIpc) is 2.61. The summed E-state index contributed by atoms with van der Waals surface area (Å²) in [5.41, 5.74) is 0. The minimum absolute atomic E-state index is 0.341. The van der Waals surface area contributed by atoms with E-state index in [4.69, 9.17) is 5.26 Å². The second-order valence-electron chi connectivity index (χ2n) is 8.82. The van der Waals surface area contributed by atoms with E-state index >= 15 is 0 Å². The van der Waals surface area contributed by atoms with Gasteiger partial charge in [0.25, 0.3) is 0 Å². The zero-order valence-corrected chi connectivity index (χ0v) is 15.1. The largest absolute Gasteiger partial charge is 0.198 e. The molecule has 1 nitrogen and oxygen atoms in total. The van der Waals surface area contributed by atoms with Crippen LogP contribution in [0.4, 0.5) is 0 Å². The fourth-order valence-corrected chi connectivity index (χ4v) is 5.32. The minimum Gasteiger partial charge on any atom is -0.198 e. The molecule has 3 saturated carbocycles. The number of hydrogen-bond donors (Lipinski definition) is 0. The summed E-state index contributed by atoms with van der Waals surface area (Å²) in [7, 11) is 0. The van der Waals surface area contributed by atoms with Gasteiger partial charge in [-0.2, -0.15) is 5.26 Å². The van der Waals surface area contributed by atoms with Crippen LogP contribution in [0.5, 0.6) is 0 Å². The topological polar surface area (TPSA) is 23.8 Å². The molecule has 3 aliphatic rings. The first-order valence-electron chi connectivity index (χ1n) is 10.3. The van der Waals surface area contributed by atoms with Gasteiger partial charge in [-0.15, -0.1) is 0 Å². The predicted octanol–water partition coefficient (Wildman–Crippen LogP) is 6.51. The summed E-state index contributed by atoms with van der Waals surface area (Å²) in [4.78, 5) is 0. The van der Waals surface area contributed by atoms with Crippen molar-refractivity contribution >= 4 is 0 Å². The quantitative estimate of drug-likeness (QED) is 0.545. The second-order valence-corrected chi connectivity index (χ2v) is 8.82. The molecule has 0 heterocycles. The number of nitrogens with zero attached hydrogens (tertiary/aromatic N) is 1. The maximum absolute atomic E-state index is 8.99. The molecular formula is C22H35N. The van der Waals surface area contributed by atoms with Crippen molar-refractivity contribution in [3.8, 4) is 6.07 Å². The SMILES string of the molecule is CC1CCC(C2CCC(C=CC3CCC(C#N)CC3)CC2)CC1. The highest BCUT2D eigenvalue weighted by atomic mass is 14.3. The fourth-order valence-electron chi connectivity index (χ4n) is 5.32. The zero-order chi connectivity index (χ0) is 16.1. The van der Waals surface area contributed by atoms with Crippen molar-refractivity contribution < 1.29 is 0 Å². The Labute approximate surface area is 143 Å². The van der Waals surface area contributed by atoms with Crippen LogP contribution in [0.3, 0.4) is 0 Å². The first kappa shape index (κ1) is 17.1. The van der Waals surface area contributed by atoms with Crippen LogP contribution in [-0.4, -0.2) is 0 Å². The molecule has 0 unspecified atom stereocenters. The van der Waals surface area contributed by atoms with Gasteiger partial charge in [-0.1, -0.05) is 31.9 Å². The van der Waals surface area contributed by atoms with E-state index in [0.717, 1.165) is 42.4 Å². The van der Waals surface area contributed by atoms with E-state index in [2.05, 4.69) is 25.1 Å². The molecule has 0 aromatic rings. The van der Waals surface area contributed by atoms with Crippen LogP contribution < -0.4 is 0 Å². The fraction of sp³-hybridized carbons (Fsp3) is 0.864. The molecule has 3 rings (SSSR count). The third-order valence-corrected chi connectivity index (χ3v) is 7.15. The Kier molecular flexibility index (Phi) is 6.21. The lowest BCUT2D eigenvalue weighted by Gasteiger charge is -2.36. The molecule has 0 aromatic heterocycles. The number of allylic oxidation sites excluding steroid dienone is 2.